The Morgan fingerprint density at radius 1 is 1.18 bits per heavy atom. The number of nitrogens with zero attached hydrogens (tertiary/aromatic N) is 1. The second kappa shape index (κ2) is 9.05. The molecule has 0 atom stereocenters. The third-order valence-electron chi connectivity index (χ3n) is 4.18. The van der Waals surface area contributed by atoms with E-state index in [2.05, 4.69) is 10.6 Å². The molecule has 1 aliphatic heterocycles. The number of fused-ring (bicyclic) bond motifs is 1. The molecule has 152 valence electrons. The molecule has 0 spiro atoms. The fraction of sp³-hybridized carbons (Fsp3) is 0.500. The van der Waals surface area contributed by atoms with Gasteiger partial charge in [0.25, 0.3) is 5.91 Å². The summed E-state index contributed by atoms with van der Waals surface area (Å²) in [5, 5.41) is 6.72. The maximum Gasteiger partial charge on any atom is 0.407 e. The van der Waals surface area contributed by atoms with Gasteiger partial charge < -0.3 is 19.9 Å². The average molecular weight is 422 g/mol. The zero-order valence-corrected chi connectivity index (χ0v) is 18.2. The van der Waals surface area contributed by atoms with Crippen LogP contribution in [0.3, 0.4) is 0 Å². The summed E-state index contributed by atoms with van der Waals surface area (Å²) in [5.74, 6) is 1.99. The van der Waals surface area contributed by atoms with Crippen LogP contribution >= 0.6 is 23.1 Å². The number of nitrogens with one attached hydrogen (secondary N) is 2. The van der Waals surface area contributed by atoms with Crippen LogP contribution in [0.5, 0.6) is 0 Å². The van der Waals surface area contributed by atoms with Crippen LogP contribution in [0.15, 0.2) is 24.5 Å². The van der Waals surface area contributed by atoms with Gasteiger partial charge in [0, 0.05) is 36.1 Å². The predicted octanol–water partition coefficient (Wildman–Crippen LogP) is 3.97. The number of aromatic nitrogens is 1. The first-order valence-electron chi connectivity index (χ1n) is 9.46. The van der Waals surface area contributed by atoms with Crippen molar-refractivity contribution in [1.82, 2.24) is 15.2 Å². The molecule has 6 nitrogen and oxygen atoms in total. The van der Waals surface area contributed by atoms with Gasteiger partial charge in [-0.05, 0) is 57.1 Å². The van der Waals surface area contributed by atoms with E-state index in [4.69, 9.17) is 4.74 Å². The Balaban J connectivity index is 1.57. The van der Waals surface area contributed by atoms with Gasteiger partial charge in [0.2, 0.25) is 0 Å². The van der Waals surface area contributed by atoms with E-state index in [0.29, 0.717) is 19.5 Å². The lowest BCUT2D eigenvalue weighted by molar-refractivity contribution is 0.0527. The summed E-state index contributed by atoms with van der Waals surface area (Å²) in [6, 6.07) is 3.94. The minimum Gasteiger partial charge on any atom is -0.444 e. The molecule has 0 fully saturated rings. The first-order valence-corrected chi connectivity index (χ1v) is 11.4. The standard InChI is InChI=1S/C20H27N3O3S2/c1-20(2,3)26-19(25)22-9-6-8-21-17(24)16-14-7-12-27-13-15(14)28-18(16)23-10-4-5-11-23/h4-5,10-11H,6-9,12-13H2,1-3H3,(H,21,24)(H,22,25). The average Bonchev–Trinajstić information content (AvgIpc) is 3.27. The molecular weight excluding hydrogens is 394 g/mol. The van der Waals surface area contributed by atoms with Crippen molar-refractivity contribution < 1.29 is 14.3 Å². The molecule has 0 saturated carbocycles. The monoisotopic (exact) mass is 421 g/mol. The zero-order chi connectivity index (χ0) is 20.1. The van der Waals surface area contributed by atoms with Crippen molar-refractivity contribution in [2.45, 2.75) is 45.0 Å². The third-order valence-corrected chi connectivity index (χ3v) is 6.59. The van der Waals surface area contributed by atoms with Crippen molar-refractivity contribution in [3.63, 3.8) is 0 Å². The van der Waals surface area contributed by atoms with Crippen LogP contribution in [0.2, 0.25) is 0 Å². The highest BCUT2D eigenvalue weighted by atomic mass is 32.2. The fourth-order valence-corrected chi connectivity index (χ4v) is 5.43. The predicted molar refractivity (Wildman–Crippen MR) is 115 cm³/mol. The number of alkyl carbamates (subject to hydrolysis) is 1. The molecule has 1 aliphatic rings. The number of ether oxygens (including phenoxy) is 1. The Morgan fingerprint density at radius 2 is 1.89 bits per heavy atom. The van der Waals surface area contributed by atoms with Crippen LogP contribution in [-0.4, -0.2) is 41.0 Å². The molecule has 0 bridgehead atoms. The Bertz CT molecular complexity index is 823. The molecule has 0 unspecified atom stereocenters. The lowest BCUT2D eigenvalue weighted by atomic mass is 10.1. The first kappa shape index (κ1) is 20.8. The van der Waals surface area contributed by atoms with Crippen molar-refractivity contribution >= 4 is 35.1 Å². The zero-order valence-electron chi connectivity index (χ0n) is 16.5. The maximum absolute atomic E-state index is 12.9. The van der Waals surface area contributed by atoms with Gasteiger partial charge in [-0.2, -0.15) is 11.8 Å². The molecule has 28 heavy (non-hydrogen) atoms. The summed E-state index contributed by atoms with van der Waals surface area (Å²) in [6.07, 6.45) is 5.10. The first-order chi connectivity index (χ1) is 13.3. The van der Waals surface area contributed by atoms with E-state index in [0.717, 1.165) is 28.5 Å². The number of thiophene rings is 1. The maximum atomic E-state index is 12.9. The van der Waals surface area contributed by atoms with Gasteiger partial charge in [-0.1, -0.05) is 0 Å². The number of hydrogen-bond donors (Lipinski definition) is 2. The van der Waals surface area contributed by atoms with Crippen molar-refractivity contribution in [3.8, 4) is 5.00 Å². The van der Waals surface area contributed by atoms with Gasteiger partial charge in [0.05, 0.1) is 5.56 Å². The van der Waals surface area contributed by atoms with Crippen LogP contribution in [0, 0.1) is 0 Å². The van der Waals surface area contributed by atoms with Gasteiger partial charge >= 0.3 is 6.09 Å². The van der Waals surface area contributed by atoms with E-state index in [9.17, 15) is 9.59 Å². The van der Waals surface area contributed by atoms with Crippen LogP contribution in [0.25, 0.3) is 5.00 Å². The molecule has 2 aromatic rings. The van der Waals surface area contributed by atoms with E-state index in [-0.39, 0.29) is 5.91 Å². The molecular formula is C20H27N3O3S2. The van der Waals surface area contributed by atoms with Crippen LogP contribution in [0.1, 0.15) is 48.0 Å². The van der Waals surface area contributed by atoms with E-state index < -0.39 is 11.7 Å². The molecule has 2 aromatic heterocycles. The van der Waals surface area contributed by atoms with Crippen LogP contribution < -0.4 is 10.6 Å². The normalized spacial score (nSPS) is 13.7. The Morgan fingerprint density at radius 3 is 2.61 bits per heavy atom. The number of carbonyl (C=O) groups excluding carboxylic acids is 2. The van der Waals surface area contributed by atoms with Crippen molar-refractivity contribution in [2.75, 3.05) is 18.8 Å². The Kier molecular flexibility index (Phi) is 6.72. The third kappa shape index (κ3) is 5.32. The van der Waals surface area contributed by atoms with E-state index >= 15 is 0 Å². The number of rotatable bonds is 6. The van der Waals surface area contributed by atoms with Crippen LogP contribution in [0.4, 0.5) is 4.79 Å². The van der Waals surface area contributed by atoms with Gasteiger partial charge in [-0.15, -0.1) is 11.3 Å². The summed E-state index contributed by atoms with van der Waals surface area (Å²) in [5.41, 5.74) is 1.48. The molecule has 0 aliphatic carbocycles. The highest BCUT2D eigenvalue weighted by Crippen LogP contribution is 2.38. The Hall–Kier alpha value is -1.93. The summed E-state index contributed by atoms with van der Waals surface area (Å²) in [4.78, 5) is 25.9. The van der Waals surface area contributed by atoms with E-state index in [1.807, 2.05) is 61.6 Å². The second-order valence-electron chi connectivity index (χ2n) is 7.61. The molecule has 0 saturated heterocycles. The quantitative estimate of drug-likeness (QED) is 0.692. The van der Waals surface area contributed by atoms with Gasteiger partial charge in [-0.3, -0.25) is 4.79 Å². The lowest BCUT2D eigenvalue weighted by Gasteiger charge is -2.19. The minimum absolute atomic E-state index is 0.0367. The lowest BCUT2D eigenvalue weighted by Crippen LogP contribution is -2.34. The molecule has 2 N–H and O–H groups in total. The Labute approximate surface area is 174 Å². The number of amides is 2. The topological polar surface area (TPSA) is 72.4 Å². The molecule has 0 aromatic carbocycles. The fourth-order valence-electron chi connectivity index (χ4n) is 2.99. The summed E-state index contributed by atoms with van der Waals surface area (Å²) >= 11 is 3.63. The SMILES string of the molecule is CC(C)(C)OC(=O)NCCCNC(=O)c1c(-n2cccc2)sc2c1CCSC2. The summed E-state index contributed by atoms with van der Waals surface area (Å²) in [6.45, 7) is 6.44. The highest BCUT2D eigenvalue weighted by Gasteiger charge is 2.26. The van der Waals surface area contributed by atoms with Crippen LogP contribution in [-0.2, 0) is 16.9 Å². The highest BCUT2D eigenvalue weighted by molar-refractivity contribution is 7.98. The van der Waals surface area contributed by atoms with Gasteiger partial charge in [-0.25, -0.2) is 4.79 Å². The van der Waals surface area contributed by atoms with E-state index in [1.165, 1.54) is 10.4 Å². The number of hydrogen-bond acceptors (Lipinski definition) is 5. The van der Waals surface area contributed by atoms with Gasteiger partial charge in [0.1, 0.15) is 10.6 Å². The molecule has 3 rings (SSSR count). The smallest absolute Gasteiger partial charge is 0.407 e. The van der Waals surface area contributed by atoms with Gasteiger partial charge in [0.15, 0.2) is 0 Å². The van der Waals surface area contributed by atoms with Crippen molar-refractivity contribution in [3.05, 3.63) is 40.5 Å². The van der Waals surface area contributed by atoms with Crippen molar-refractivity contribution in [1.29, 1.82) is 0 Å². The van der Waals surface area contributed by atoms with Crippen molar-refractivity contribution in [2.24, 2.45) is 0 Å². The molecule has 0 radical (unpaired) electrons. The molecule has 8 heteroatoms. The molecule has 3 heterocycles. The summed E-state index contributed by atoms with van der Waals surface area (Å²) in [7, 11) is 0. The number of thioether (sulfide) groups is 1. The van der Waals surface area contributed by atoms with E-state index in [1.54, 1.807) is 11.3 Å². The summed E-state index contributed by atoms with van der Waals surface area (Å²) < 4.78 is 7.22. The number of carbonyl (C=O) groups is 2. The largest absolute Gasteiger partial charge is 0.444 e. The minimum atomic E-state index is -0.510. The second-order valence-corrected chi connectivity index (χ2v) is 9.80. The molecule has 2 amide bonds.